The number of carbonyl (C=O) groups excluding carboxylic acids is 1. The second-order valence-electron chi connectivity index (χ2n) is 7.60. The average molecular weight is 390 g/mol. The molecule has 4 heteroatoms. The number of ketones is 1. The Kier molecular flexibility index (Phi) is 5.93. The third-order valence-electron chi connectivity index (χ3n) is 5.66. The van der Waals surface area contributed by atoms with Crippen LogP contribution in [0.1, 0.15) is 36.8 Å². The van der Waals surface area contributed by atoms with Crippen LogP contribution in [0.4, 0.5) is 0 Å². The smallest absolute Gasteiger partial charge is 0.133 e. The SMILES string of the molecule is O=C1CCC(OCCO)(c2cccc(OCc3ccc4ccccc4c3)c2)CC1. The topological polar surface area (TPSA) is 55.8 Å². The lowest BCUT2D eigenvalue weighted by atomic mass is 9.79. The Morgan fingerprint density at radius 3 is 2.48 bits per heavy atom. The molecule has 0 unspecified atom stereocenters. The molecule has 4 nitrogen and oxygen atoms in total. The molecule has 0 radical (unpaired) electrons. The van der Waals surface area contributed by atoms with Gasteiger partial charge >= 0.3 is 0 Å². The molecule has 0 atom stereocenters. The second kappa shape index (κ2) is 8.76. The minimum atomic E-state index is -0.529. The summed E-state index contributed by atoms with van der Waals surface area (Å²) in [7, 11) is 0. The predicted octanol–water partition coefficient (Wildman–Crippen LogP) is 4.77. The number of fused-ring (bicyclic) bond motifs is 1. The third-order valence-corrected chi connectivity index (χ3v) is 5.66. The highest BCUT2D eigenvalue weighted by molar-refractivity contribution is 5.83. The minimum Gasteiger partial charge on any atom is -0.489 e. The van der Waals surface area contributed by atoms with Crippen molar-refractivity contribution in [2.75, 3.05) is 13.2 Å². The van der Waals surface area contributed by atoms with E-state index in [9.17, 15) is 9.90 Å². The number of carbonyl (C=O) groups is 1. The molecule has 1 saturated carbocycles. The Morgan fingerprint density at radius 1 is 0.897 bits per heavy atom. The highest BCUT2D eigenvalue weighted by atomic mass is 16.5. The molecule has 3 aromatic rings. The third kappa shape index (κ3) is 4.50. The fourth-order valence-electron chi connectivity index (χ4n) is 4.05. The van der Waals surface area contributed by atoms with Crippen molar-refractivity contribution in [2.24, 2.45) is 0 Å². The number of rotatable bonds is 7. The lowest BCUT2D eigenvalue weighted by molar-refractivity contribution is -0.132. The second-order valence-corrected chi connectivity index (χ2v) is 7.60. The first-order chi connectivity index (χ1) is 14.2. The maximum absolute atomic E-state index is 11.7. The van der Waals surface area contributed by atoms with Crippen LogP contribution in [-0.4, -0.2) is 24.1 Å². The van der Waals surface area contributed by atoms with Gasteiger partial charge in [-0.25, -0.2) is 0 Å². The van der Waals surface area contributed by atoms with E-state index in [2.05, 4.69) is 30.3 Å². The largest absolute Gasteiger partial charge is 0.489 e. The summed E-state index contributed by atoms with van der Waals surface area (Å²) in [5, 5.41) is 11.6. The Balaban J connectivity index is 1.51. The average Bonchev–Trinajstić information content (AvgIpc) is 2.78. The first-order valence-corrected chi connectivity index (χ1v) is 10.2. The highest BCUT2D eigenvalue weighted by Gasteiger charge is 2.37. The molecule has 1 N–H and O–H groups in total. The molecule has 3 aromatic carbocycles. The number of hydrogen-bond acceptors (Lipinski definition) is 4. The van der Waals surface area contributed by atoms with Gasteiger partial charge < -0.3 is 14.6 Å². The van der Waals surface area contributed by atoms with Crippen LogP contribution in [0, 0.1) is 0 Å². The number of ether oxygens (including phenoxy) is 2. The van der Waals surface area contributed by atoms with E-state index in [4.69, 9.17) is 9.47 Å². The van der Waals surface area contributed by atoms with E-state index in [1.807, 2.05) is 36.4 Å². The van der Waals surface area contributed by atoms with Crippen molar-refractivity contribution in [3.8, 4) is 5.75 Å². The van der Waals surface area contributed by atoms with Crippen molar-refractivity contribution < 1.29 is 19.4 Å². The van der Waals surface area contributed by atoms with E-state index < -0.39 is 5.60 Å². The van der Waals surface area contributed by atoms with E-state index in [0.29, 0.717) is 32.3 Å². The standard InChI is InChI=1S/C25H26O4/c26-14-15-29-25(12-10-23(27)11-13-25)22-6-3-7-24(17-22)28-18-19-8-9-20-4-1-2-5-21(20)16-19/h1-9,16-17,26H,10-15,18H2. The Bertz CT molecular complexity index is 985. The Labute approximate surface area is 171 Å². The van der Waals surface area contributed by atoms with Gasteiger partial charge in [-0.1, -0.05) is 48.5 Å². The van der Waals surface area contributed by atoms with Crippen LogP contribution in [-0.2, 0) is 21.7 Å². The molecule has 4 rings (SSSR count). The summed E-state index contributed by atoms with van der Waals surface area (Å²) in [4.78, 5) is 11.7. The number of hydrogen-bond donors (Lipinski definition) is 1. The van der Waals surface area contributed by atoms with E-state index in [1.165, 1.54) is 10.8 Å². The van der Waals surface area contributed by atoms with E-state index >= 15 is 0 Å². The summed E-state index contributed by atoms with van der Waals surface area (Å²) in [6.07, 6.45) is 2.29. The molecule has 0 bridgehead atoms. The van der Waals surface area contributed by atoms with Crippen LogP contribution >= 0.6 is 0 Å². The molecule has 1 fully saturated rings. The van der Waals surface area contributed by atoms with E-state index in [-0.39, 0.29) is 19.0 Å². The van der Waals surface area contributed by atoms with Gasteiger partial charge in [-0.15, -0.1) is 0 Å². The number of Topliss-reactive ketones (excluding diaryl/α,β-unsaturated/α-hetero) is 1. The summed E-state index contributed by atoms with van der Waals surface area (Å²) in [6.45, 7) is 0.710. The van der Waals surface area contributed by atoms with Gasteiger partial charge in [0.2, 0.25) is 0 Å². The lowest BCUT2D eigenvalue weighted by Crippen LogP contribution is -2.35. The van der Waals surface area contributed by atoms with Crippen molar-refractivity contribution in [2.45, 2.75) is 37.9 Å². The Morgan fingerprint density at radius 2 is 1.69 bits per heavy atom. The fourth-order valence-corrected chi connectivity index (χ4v) is 4.05. The highest BCUT2D eigenvalue weighted by Crippen LogP contribution is 2.40. The minimum absolute atomic E-state index is 0.0339. The zero-order valence-corrected chi connectivity index (χ0v) is 16.5. The summed E-state index contributed by atoms with van der Waals surface area (Å²) in [6, 6.07) is 22.6. The first-order valence-electron chi connectivity index (χ1n) is 10.2. The summed E-state index contributed by atoms with van der Waals surface area (Å²) < 4.78 is 12.1. The van der Waals surface area contributed by atoms with Crippen LogP contribution in [0.3, 0.4) is 0 Å². The molecule has 0 saturated heterocycles. The van der Waals surface area contributed by atoms with Gasteiger partial charge in [0.05, 0.1) is 18.8 Å². The van der Waals surface area contributed by atoms with Crippen LogP contribution in [0.15, 0.2) is 66.7 Å². The van der Waals surface area contributed by atoms with Crippen LogP contribution in [0.25, 0.3) is 10.8 Å². The van der Waals surface area contributed by atoms with Crippen molar-refractivity contribution in [3.05, 3.63) is 77.9 Å². The van der Waals surface area contributed by atoms with Gasteiger partial charge in [0.15, 0.2) is 0 Å². The molecule has 1 aliphatic carbocycles. The zero-order chi connectivity index (χ0) is 20.1. The van der Waals surface area contributed by atoms with Crippen LogP contribution in [0.5, 0.6) is 5.75 Å². The molecule has 0 aromatic heterocycles. The first kappa shape index (κ1) is 19.6. The van der Waals surface area contributed by atoms with Crippen molar-refractivity contribution in [1.82, 2.24) is 0 Å². The molecule has 0 spiro atoms. The summed E-state index contributed by atoms with van der Waals surface area (Å²) >= 11 is 0. The van der Waals surface area contributed by atoms with E-state index in [1.54, 1.807) is 0 Å². The van der Waals surface area contributed by atoms with Gasteiger partial charge in [0.25, 0.3) is 0 Å². The van der Waals surface area contributed by atoms with Crippen molar-refractivity contribution >= 4 is 16.6 Å². The number of aliphatic hydroxyl groups is 1. The van der Waals surface area contributed by atoms with Gasteiger partial charge in [-0.3, -0.25) is 4.79 Å². The normalized spacial score (nSPS) is 16.1. The van der Waals surface area contributed by atoms with Crippen LogP contribution in [0.2, 0.25) is 0 Å². The molecule has 0 heterocycles. The van der Waals surface area contributed by atoms with Gasteiger partial charge in [0, 0.05) is 12.8 Å². The summed E-state index contributed by atoms with van der Waals surface area (Å²) in [5.74, 6) is 1.05. The number of aliphatic hydroxyl groups excluding tert-OH is 1. The Hall–Kier alpha value is -2.69. The quantitative estimate of drug-likeness (QED) is 0.632. The molecule has 29 heavy (non-hydrogen) atoms. The maximum atomic E-state index is 11.7. The fraction of sp³-hybridized carbons (Fsp3) is 0.320. The molecule has 1 aliphatic rings. The maximum Gasteiger partial charge on any atom is 0.133 e. The molecule has 150 valence electrons. The van der Waals surface area contributed by atoms with Crippen molar-refractivity contribution in [1.29, 1.82) is 0 Å². The lowest BCUT2D eigenvalue weighted by Gasteiger charge is -2.37. The van der Waals surface area contributed by atoms with Gasteiger partial charge in [-0.05, 0) is 52.9 Å². The molecular weight excluding hydrogens is 364 g/mol. The zero-order valence-electron chi connectivity index (χ0n) is 16.5. The van der Waals surface area contributed by atoms with Crippen molar-refractivity contribution in [3.63, 3.8) is 0 Å². The monoisotopic (exact) mass is 390 g/mol. The number of benzene rings is 3. The van der Waals surface area contributed by atoms with Crippen LogP contribution < -0.4 is 4.74 Å². The summed E-state index contributed by atoms with van der Waals surface area (Å²) in [5.41, 5.74) is 1.59. The molecular formula is C25H26O4. The van der Waals surface area contributed by atoms with E-state index in [0.717, 1.165) is 16.9 Å². The molecule has 0 amide bonds. The van der Waals surface area contributed by atoms with Gasteiger partial charge in [0.1, 0.15) is 18.1 Å². The van der Waals surface area contributed by atoms with Gasteiger partial charge in [-0.2, -0.15) is 0 Å². The predicted molar refractivity (Wildman–Crippen MR) is 113 cm³/mol. The molecule has 0 aliphatic heterocycles.